The minimum atomic E-state index is -0.529. The van der Waals surface area contributed by atoms with Gasteiger partial charge in [0.1, 0.15) is 5.82 Å². The van der Waals surface area contributed by atoms with Crippen LogP contribution in [0.3, 0.4) is 0 Å². The average Bonchev–Trinajstić information content (AvgIpc) is 2.28. The first-order valence-corrected chi connectivity index (χ1v) is 5.19. The molecule has 3 N–H and O–H groups in total. The number of carbonyl (C=O) groups is 2. The number of halogens is 1. The molecule has 0 radical (unpaired) electrons. The van der Waals surface area contributed by atoms with E-state index in [4.69, 9.17) is 0 Å². The summed E-state index contributed by atoms with van der Waals surface area (Å²) in [5.74, 6) is -0.803. The summed E-state index contributed by atoms with van der Waals surface area (Å²) in [6.45, 7) is 2.15. The number of hydrogen-bond acceptors (Lipinski definition) is 3. The van der Waals surface area contributed by atoms with Gasteiger partial charge in [0.25, 0.3) is 0 Å². The van der Waals surface area contributed by atoms with Gasteiger partial charge in [-0.15, -0.1) is 0 Å². The third kappa shape index (κ3) is 4.96. The maximum Gasteiger partial charge on any atom is 0.321 e. The molecule has 6 heteroatoms. The highest BCUT2D eigenvalue weighted by molar-refractivity contribution is 5.96. The standard InChI is InChI=1S/C11H14FN3O2/c1-2-13-11(17)15-10(16)7-14-9-5-3-8(12)4-6-9/h3-6,14H,2,7H2,1H3,(H2,13,15,16,17). The third-order valence-electron chi connectivity index (χ3n) is 1.89. The summed E-state index contributed by atoms with van der Waals surface area (Å²) >= 11 is 0. The Morgan fingerprint density at radius 2 is 1.88 bits per heavy atom. The second-order valence-corrected chi connectivity index (χ2v) is 3.27. The molecule has 0 saturated carbocycles. The maximum absolute atomic E-state index is 12.6. The molecule has 17 heavy (non-hydrogen) atoms. The van der Waals surface area contributed by atoms with Gasteiger partial charge in [-0.3, -0.25) is 10.1 Å². The number of benzene rings is 1. The van der Waals surface area contributed by atoms with Crippen LogP contribution in [0.5, 0.6) is 0 Å². The van der Waals surface area contributed by atoms with E-state index >= 15 is 0 Å². The Balaban J connectivity index is 2.33. The Hall–Kier alpha value is -2.11. The molecule has 0 aliphatic heterocycles. The maximum atomic E-state index is 12.6. The van der Waals surface area contributed by atoms with E-state index in [0.29, 0.717) is 12.2 Å². The zero-order valence-electron chi connectivity index (χ0n) is 9.42. The minimum Gasteiger partial charge on any atom is -0.376 e. The van der Waals surface area contributed by atoms with Crippen molar-refractivity contribution in [1.29, 1.82) is 0 Å². The number of anilines is 1. The number of hydrogen-bond donors (Lipinski definition) is 3. The van der Waals surface area contributed by atoms with Crippen molar-refractivity contribution in [3.63, 3.8) is 0 Å². The summed E-state index contributed by atoms with van der Waals surface area (Å²) in [4.78, 5) is 22.2. The predicted octanol–water partition coefficient (Wildman–Crippen LogP) is 1.08. The second-order valence-electron chi connectivity index (χ2n) is 3.27. The first-order chi connectivity index (χ1) is 8.11. The second kappa shape index (κ2) is 6.47. The molecule has 3 amide bonds. The van der Waals surface area contributed by atoms with Crippen LogP contribution in [0.1, 0.15) is 6.92 Å². The minimum absolute atomic E-state index is 0.0528. The van der Waals surface area contributed by atoms with Crippen molar-refractivity contribution in [2.75, 3.05) is 18.4 Å². The van der Waals surface area contributed by atoms with Crippen molar-refractivity contribution in [1.82, 2.24) is 10.6 Å². The van der Waals surface area contributed by atoms with E-state index < -0.39 is 11.9 Å². The number of imide groups is 1. The molecule has 0 spiro atoms. The molecular weight excluding hydrogens is 225 g/mol. The largest absolute Gasteiger partial charge is 0.376 e. The predicted molar refractivity (Wildman–Crippen MR) is 62.1 cm³/mol. The van der Waals surface area contributed by atoms with E-state index in [2.05, 4.69) is 16.0 Å². The SMILES string of the molecule is CCNC(=O)NC(=O)CNc1ccc(F)cc1. The van der Waals surface area contributed by atoms with Gasteiger partial charge in [0.05, 0.1) is 6.54 Å². The van der Waals surface area contributed by atoms with Crippen LogP contribution in [0, 0.1) is 5.82 Å². The van der Waals surface area contributed by atoms with Gasteiger partial charge >= 0.3 is 6.03 Å². The summed E-state index contributed by atoms with van der Waals surface area (Å²) in [6, 6.07) is 5.05. The van der Waals surface area contributed by atoms with Crippen LogP contribution in [-0.4, -0.2) is 25.0 Å². The van der Waals surface area contributed by atoms with Gasteiger partial charge in [0.2, 0.25) is 5.91 Å². The lowest BCUT2D eigenvalue weighted by Crippen LogP contribution is -2.41. The number of amides is 3. The van der Waals surface area contributed by atoms with Gasteiger partial charge in [-0.1, -0.05) is 0 Å². The van der Waals surface area contributed by atoms with E-state index in [-0.39, 0.29) is 12.4 Å². The number of urea groups is 1. The van der Waals surface area contributed by atoms with Crippen LogP contribution >= 0.6 is 0 Å². The molecule has 0 atom stereocenters. The van der Waals surface area contributed by atoms with Crippen LogP contribution in [-0.2, 0) is 4.79 Å². The Morgan fingerprint density at radius 1 is 1.24 bits per heavy atom. The topological polar surface area (TPSA) is 70.2 Å². The summed E-state index contributed by atoms with van der Waals surface area (Å²) < 4.78 is 12.6. The summed E-state index contributed by atoms with van der Waals surface area (Å²) in [5, 5.41) is 7.33. The van der Waals surface area contributed by atoms with E-state index in [1.54, 1.807) is 6.92 Å². The Bertz CT molecular complexity index is 392. The fourth-order valence-corrected chi connectivity index (χ4v) is 1.13. The molecule has 0 aromatic heterocycles. The van der Waals surface area contributed by atoms with Gasteiger partial charge in [-0.05, 0) is 31.2 Å². The van der Waals surface area contributed by atoms with Gasteiger partial charge < -0.3 is 10.6 Å². The van der Waals surface area contributed by atoms with E-state index in [1.165, 1.54) is 24.3 Å². The molecule has 0 fully saturated rings. The highest BCUT2D eigenvalue weighted by atomic mass is 19.1. The van der Waals surface area contributed by atoms with Crippen LogP contribution in [0.15, 0.2) is 24.3 Å². The first kappa shape index (κ1) is 13.0. The van der Waals surface area contributed by atoms with Crippen LogP contribution < -0.4 is 16.0 Å². The number of rotatable bonds is 4. The van der Waals surface area contributed by atoms with Crippen molar-refractivity contribution in [3.8, 4) is 0 Å². The molecule has 1 aromatic rings. The normalized spacial score (nSPS) is 9.53. The fourth-order valence-electron chi connectivity index (χ4n) is 1.13. The van der Waals surface area contributed by atoms with Gasteiger partial charge in [0.15, 0.2) is 0 Å². The number of nitrogens with one attached hydrogen (secondary N) is 3. The van der Waals surface area contributed by atoms with Crippen LogP contribution in [0.2, 0.25) is 0 Å². The van der Waals surface area contributed by atoms with E-state index in [9.17, 15) is 14.0 Å². The quantitative estimate of drug-likeness (QED) is 0.736. The lowest BCUT2D eigenvalue weighted by Gasteiger charge is -2.07. The first-order valence-electron chi connectivity index (χ1n) is 5.19. The Kier molecular flexibility index (Phi) is 4.93. The summed E-state index contributed by atoms with van der Waals surface area (Å²) in [7, 11) is 0. The molecular formula is C11H14FN3O2. The van der Waals surface area contributed by atoms with Crippen molar-refractivity contribution >= 4 is 17.6 Å². The molecule has 5 nitrogen and oxygen atoms in total. The molecule has 0 aliphatic rings. The summed E-state index contributed by atoms with van der Waals surface area (Å²) in [5.41, 5.74) is 0.609. The van der Waals surface area contributed by atoms with E-state index in [1.807, 2.05) is 0 Å². The lowest BCUT2D eigenvalue weighted by atomic mass is 10.3. The van der Waals surface area contributed by atoms with Crippen molar-refractivity contribution in [2.24, 2.45) is 0 Å². The van der Waals surface area contributed by atoms with Crippen LogP contribution in [0.25, 0.3) is 0 Å². The Morgan fingerprint density at radius 3 is 2.47 bits per heavy atom. The zero-order valence-corrected chi connectivity index (χ0v) is 9.42. The molecule has 1 aromatic carbocycles. The molecule has 0 bridgehead atoms. The van der Waals surface area contributed by atoms with Gasteiger partial charge in [-0.25, -0.2) is 9.18 Å². The lowest BCUT2D eigenvalue weighted by molar-refractivity contribution is -0.118. The summed E-state index contributed by atoms with van der Waals surface area (Å²) in [6.07, 6.45) is 0. The molecule has 0 saturated heterocycles. The third-order valence-corrected chi connectivity index (χ3v) is 1.89. The van der Waals surface area contributed by atoms with E-state index in [0.717, 1.165) is 0 Å². The fraction of sp³-hybridized carbons (Fsp3) is 0.273. The monoisotopic (exact) mass is 239 g/mol. The molecule has 0 unspecified atom stereocenters. The molecule has 0 heterocycles. The van der Waals surface area contributed by atoms with Gasteiger partial charge in [0, 0.05) is 12.2 Å². The zero-order chi connectivity index (χ0) is 12.7. The highest BCUT2D eigenvalue weighted by Gasteiger charge is 2.05. The van der Waals surface area contributed by atoms with Crippen molar-refractivity contribution < 1.29 is 14.0 Å². The van der Waals surface area contributed by atoms with Crippen molar-refractivity contribution in [3.05, 3.63) is 30.1 Å². The Labute approximate surface area is 98.4 Å². The molecule has 92 valence electrons. The smallest absolute Gasteiger partial charge is 0.321 e. The number of carbonyl (C=O) groups excluding carboxylic acids is 2. The van der Waals surface area contributed by atoms with Gasteiger partial charge in [-0.2, -0.15) is 0 Å². The highest BCUT2D eigenvalue weighted by Crippen LogP contribution is 2.07. The van der Waals surface area contributed by atoms with Crippen LogP contribution in [0.4, 0.5) is 14.9 Å². The van der Waals surface area contributed by atoms with Crippen molar-refractivity contribution in [2.45, 2.75) is 6.92 Å². The average molecular weight is 239 g/mol. The molecule has 0 aliphatic carbocycles. The molecule has 1 rings (SSSR count).